The van der Waals surface area contributed by atoms with Crippen molar-refractivity contribution in [2.75, 3.05) is 23.9 Å². The molecule has 0 bridgehead atoms. The third kappa shape index (κ3) is 4.07. The normalized spacial score (nSPS) is 12.5. The molecule has 0 fully saturated rings. The summed E-state index contributed by atoms with van der Waals surface area (Å²) in [5.74, 6) is 0.584. The van der Waals surface area contributed by atoms with Crippen molar-refractivity contribution in [1.29, 1.82) is 0 Å². The van der Waals surface area contributed by atoms with Gasteiger partial charge in [-0.2, -0.15) is 0 Å². The lowest BCUT2D eigenvalue weighted by atomic mass is 10.1. The number of aromatic nitrogens is 1. The molecule has 6 nitrogen and oxygen atoms in total. The highest BCUT2D eigenvalue weighted by atomic mass is 32.1. The fourth-order valence-electron chi connectivity index (χ4n) is 3.57. The first kappa shape index (κ1) is 20.1. The number of carbonyl (C=O) groups excluding carboxylic acids is 2. The van der Waals surface area contributed by atoms with Crippen molar-refractivity contribution in [2.45, 2.75) is 26.2 Å². The fourth-order valence-corrected chi connectivity index (χ4v) is 4.28. The van der Waals surface area contributed by atoms with Crippen LogP contribution in [0.5, 0.6) is 5.75 Å². The summed E-state index contributed by atoms with van der Waals surface area (Å²) in [5, 5.41) is 5.32. The van der Waals surface area contributed by atoms with Crippen LogP contribution < -0.4 is 15.0 Å². The van der Waals surface area contributed by atoms with E-state index >= 15 is 0 Å². The van der Waals surface area contributed by atoms with Crippen LogP contribution in [0, 0.1) is 0 Å². The Morgan fingerprint density at radius 2 is 2.10 bits per heavy atom. The molecule has 1 aromatic heterocycles. The van der Waals surface area contributed by atoms with Gasteiger partial charge in [0.25, 0.3) is 5.91 Å². The van der Waals surface area contributed by atoms with Crippen LogP contribution >= 0.6 is 11.3 Å². The highest BCUT2D eigenvalue weighted by molar-refractivity contribution is 7.14. The van der Waals surface area contributed by atoms with Crippen molar-refractivity contribution in [3.63, 3.8) is 0 Å². The summed E-state index contributed by atoms with van der Waals surface area (Å²) in [6, 6.07) is 13.1. The van der Waals surface area contributed by atoms with Crippen molar-refractivity contribution < 1.29 is 14.3 Å². The maximum Gasteiger partial charge on any atom is 0.257 e. The Labute approximate surface area is 179 Å². The summed E-state index contributed by atoms with van der Waals surface area (Å²) in [5.41, 5.74) is 4.46. The highest BCUT2D eigenvalue weighted by Crippen LogP contribution is 2.34. The van der Waals surface area contributed by atoms with E-state index in [1.54, 1.807) is 31.4 Å². The largest absolute Gasteiger partial charge is 0.497 e. The highest BCUT2D eigenvalue weighted by Gasteiger charge is 2.24. The number of hydrogen-bond donors (Lipinski definition) is 1. The number of fused-ring (bicyclic) bond motifs is 1. The van der Waals surface area contributed by atoms with Crippen molar-refractivity contribution in [3.05, 3.63) is 59.0 Å². The summed E-state index contributed by atoms with van der Waals surface area (Å²) in [6.07, 6.45) is 2.28. The number of nitrogens with one attached hydrogen (secondary N) is 1. The minimum atomic E-state index is -0.228. The van der Waals surface area contributed by atoms with Crippen LogP contribution in [0.25, 0.3) is 11.3 Å². The number of hydrogen-bond acceptors (Lipinski definition) is 5. The summed E-state index contributed by atoms with van der Waals surface area (Å²) in [4.78, 5) is 31.2. The maximum absolute atomic E-state index is 12.5. The van der Waals surface area contributed by atoms with E-state index < -0.39 is 0 Å². The molecule has 4 rings (SSSR count). The van der Waals surface area contributed by atoms with Crippen molar-refractivity contribution >= 4 is 34.0 Å². The molecule has 0 saturated carbocycles. The van der Waals surface area contributed by atoms with Crippen LogP contribution in [0.4, 0.5) is 10.8 Å². The Bertz CT molecular complexity index is 1090. The number of rotatable bonds is 6. The predicted octanol–water partition coefficient (Wildman–Crippen LogP) is 4.76. The molecule has 3 aromatic rings. The minimum Gasteiger partial charge on any atom is -0.497 e. The van der Waals surface area contributed by atoms with E-state index in [9.17, 15) is 9.59 Å². The van der Waals surface area contributed by atoms with Gasteiger partial charge >= 0.3 is 0 Å². The Balaban J connectivity index is 1.49. The number of anilines is 2. The van der Waals surface area contributed by atoms with Crippen LogP contribution in [-0.4, -0.2) is 30.5 Å². The van der Waals surface area contributed by atoms with Gasteiger partial charge in [0.2, 0.25) is 5.91 Å². The molecule has 2 amide bonds. The van der Waals surface area contributed by atoms with Gasteiger partial charge in [0, 0.05) is 35.2 Å². The molecule has 0 atom stereocenters. The van der Waals surface area contributed by atoms with E-state index in [1.807, 2.05) is 29.3 Å². The van der Waals surface area contributed by atoms with Gasteiger partial charge < -0.3 is 9.64 Å². The standard InChI is InChI=1S/C23H23N3O3S/c1-3-5-21(27)26-11-10-16-12-15(8-9-20(16)26)19-14-30-23(24-19)25-22(28)17-6-4-7-18(13-17)29-2/h4,6-9,12-14H,3,5,10-11H2,1-2H3,(H,24,25,28). The van der Waals surface area contributed by atoms with Crippen LogP contribution in [-0.2, 0) is 11.2 Å². The molecule has 0 radical (unpaired) electrons. The van der Waals surface area contributed by atoms with Gasteiger partial charge in [0.1, 0.15) is 5.75 Å². The first-order valence-corrected chi connectivity index (χ1v) is 10.8. The third-order valence-corrected chi connectivity index (χ3v) is 5.85. The second kappa shape index (κ2) is 8.67. The lowest BCUT2D eigenvalue weighted by Crippen LogP contribution is -2.28. The number of benzene rings is 2. The van der Waals surface area contributed by atoms with E-state index in [4.69, 9.17) is 4.74 Å². The Morgan fingerprint density at radius 1 is 1.23 bits per heavy atom. The van der Waals surface area contributed by atoms with E-state index in [2.05, 4.69) is 16.4 Å². The minimum absolute atomic E-state index is 0.181. The Hall–Kier alpha value is -3.19. The summed E-state index contributed by atoms with van der Waals surface area (Å²) in [7, 11) is 1.57. The average molecular weight is 422 g/mol. The van der Waals surface area contributed by atoms with E-state index in [0.29, 0.717) is 22.9 Å². The number of ether oxygens (including phenoxy) is 1. The second-order valence-corrected chi connectivity index (χ2v) is 7.97. The lowest BCUT2D eigenvalue weighted by Gasteiger charge is -2.17. The number of thiazole rings is 1. The molecule has 0 unspecified atom stereocenters. The van der Waals surface area contributed by atoms with Crippen molar-refractivity contribution in [1.82, 2.24) is 4.98 Å². The summed E-state index contributed by atoms with van der Waals surface area (Å²) >= 11 is 1.38. The smallest absolute Gasteiger partial charge is 0.257 e. The average Bonchev–Trinajstić information content (AvgIpc) is 3.40. The first-order chi connectivity index (χ1) is 14.6. The van der Waals surface area contributed by atoms with E-state index in [1.165, 1.54) is 11.3 Å². The quantitative estimate of drug-likeness (QED) is 0.623. The number of methoxy groups -OCH3 is 1. The maximum atomic E-state index is 12.5. The van der Waals surface area contributed by atoms with Gasteiger partial charge in [0.15, 0.2) is 5.13 Å². The molecule has 1 aliphatic heterocycles. The zero-order chi connectivity index (χ0) is 21.1. The fraction of sp³-hybridized carbons (Fsp3) is 0.261. The number of nitrogens with zero attached hydrogens (tertiary/aromatic N) is 2. The molecule has 0 saturated heterocycles. The number of amides is 2. The molecule has 7 heteroatoms. The van der Waals surface area contributed by atoms with Crippen molar-refractivity contribution in [3.8, 4) is 17.0 Å². The molecule has 154 valence electrons. The molecule has 0 spiro atoms. The van der Waals surface area contributed by atoms with Gasteiger partial charge in [-0.15, -0.1) is 11.3 Å². The van der Waals surface area contributed by atoms with Gasteiger partial charge in [-0.25, -0.2) is 4.98 Å². The molecule has 1 N–H and O–H groups in total. The zero-order valence-corrected chi connectivity index (χ0v) is 17.8. The molecule has 2 aromatic carbocycles. The molecule has 2 heterocycles. The van der Waals surface area contributed by atoms with E-state index in [0.717, 1.165) is 41.9 Å². The topological polar surface area (TPSA) is 71.5 Å². The molecule has 1 aliphatic rings. The van der Waals surface area contributed by atoms with Crippen LogP contribution in [0.2, 0.25) is 0 Å². The number of carbonyl (C=O) groups is 2. The molecular formula is C23H23N3O3S. The SMILES string of the molecule is CCCC(=O)N1CCc2cc(-c3csc(NC(=O)c4cccc(OC)c4)n3)ccc21. The summed E-state index contributed by atoms with van der Waals surface area (Å²) in [6.45, 7) is 2.75. The van der Waals surface area contributed by atoms with E-state index in [-0.39, 0.29) is 11.8 Å². The monoisotopic (exact) mass is 421 g/mol. The van der Waals surface area contributed by atoms with Gasteiger partial charge in [-0.05, 0) is 48.7 Å². The van der Waals surface area contributed by atoms with Crippen LogP contribution in [0.1, 0.15) is 35.7 Å². The van der Waals surface area contributed by atoms with Crippen LogP contribution in [0.3, 0.4) is 0 Å². The Kier molecular flexibility index (Phi) is 5.81. The summed E-state index contributed by atoms with van der Waals surface area (Å²) < 4.78 is 5.17. The molecular weight excluding hydrogens is 398 g/mol. The zero-order valence-electron chi connectivity index (χ0n) is 17.0. The van der Waals surface area contributed by atoms with Gasteiger partial charge in [-0.1, -0.05) is 19.1 Å². The van der Waals surface area contributed by atoms with Crippen molar-refractivity contribution in [2.24, 2.45) is 0 Å². The molecule has 30 heavy (non-hydrogen) atoms. The molecule has 0 aliphatic carbocycles. The predicted molar refractivity (Wildman–Crippen MR) is 119 cm³/mol. The van der Waals surface area contributed by atoms with Gasteiger partial charge in [-0.3, -0.25) is 14.9 Å². The lowest BCUT2D eigenvalue weighted by molar-refractivity contribution is -0.118. The third-order valence-electron chi connectivity index (χ3n) is 5.09. The van der Waals surface area contributed by atoms with Gasteiger partial charge in [0.05, 0.1) is 12.8 Å². The Morgan fingerprint density at radius 3 is 2.90 bits per heavy atom. The van der Waals surface area contributed by atoms with Crippen LogP contribution in [0.15, 0.2) is 47.8 Å². The first-order valence-electron chi connectivity index (χ1n) is 9.93. The second-order valence-electron chi connectivity index (χ2n) is 7.11.